The van der Waals surface area contributed by atoms with Gasteiger partial charge in [-0.2, -0.15) is 0 Å². The van der Waals surface area contributed by atoms with Crippen LogP contribution in [0.4, 0.5) is 0 Å². The summed E-state index contributed by atoms with van der Waals surface area (Å²) >= 11 is 0. The van der Waals surface area contributed by atoms with E-state index in [1.165, 1.54) is 43.2 Å². The molecule has 44 heavy (non-hydrogen) atoms. The third kappa shape index (κ3) is 9.81. The Balaban J connectivity index is 0.000000187. The van der Waals surface area contributed by atoms with E-state index < -0.39 is 23.9 Å². The molecule has 0 amide bonds. The lowest BCUT2D eigenvalue weighted by Gasteiger charge is -2.11. The second-order valence-electron chi connectivity index (χ2n) is 9.07. The zero-order chi connectivity index (χ0) is 31.9. The molecule has 0 atom stereocenters. The summed E-state index contributed by atoms with van der Waals surface area (Å²) in [6, 6.07) is 40.2. The number of aromatic carboxylic acids is 2. The smallest absolute Gasteiger partial charge is 0.339 e. The maximum Gasteiger partial charge on any atom is 0.339 e. The Labute approximate surface area is 254 Å². The number of para-hydroxylation sites is 2. The van der Waals surface area contributed by atoms with Crippen molar-refractivity contribution >= 4 is 23.9 Å². The van der Waals surface area contributed by atoms with Crippen LogP contribution in [0.2, 0.25) is 0 Å². The van der Waals surface area contributed by atoms with Crippen molar-refractivity contribution in [3.8, 4) is 33.8 Å². The van der Waals surface area contributed by atoms with Gasteiger partial charge in [0, 0.05) is 19.4 Å². The van der Waals surface area contributed by atoms with Gasteiger partial charge in [-0.3, -0.25) is 9.59 Å². The summed E-state index contributed by atoms with van der Waals surface area (Å²) in [6.07, 6.45) is 0. The first-order valence-electron chi connectivity index (χ1n) is 13.4. The number of esters is 2. The fraction of sp³-hybridized carbons (Fsp3) is 0.0556. The SMILES string of the molecule is CC(=O)Oc1ccccc1-c1ccccc1C(=O)O.CC(=O)Oc1ccccc1C(=O)O.c1ccc(-c2ccccc2)cc1. The molecule has 0 spiro atoms. The number of rotatable bonds is 6. The standard InChI is InChI=1S/C15H12O4.C12H10.C9H8O4/c1-10(16)19-14-9-5-4-7-12(14)11-6-2-3-8-13(11)15(17)18;1-3-7-11(8-4-1)12-9-5-2-6-10-12;1-6(10)13-8-5-3-2-4-7(8)9(11)12/h2-9H,1H3,(H,17,18);1-10H;2-5H,1H3,(H,11,12). The van der Waals surface area contributed by atoms with Crippen molar-refractivity contribution in [1.29, 1.82) is 0 Å². The maximum atomic E-state index is 11.2. The highest BCUT2D eigenvalue weighted by atomic mass is 16.5. The molecule has 0 unspecified atom stereocenters. The zero-order valence-electron chi connectivity index (χ0n) is 24.0. The first-order chi connectivity index (χ1) is 21.2. The number of carbonyl (C=O) groups is 4. The van der Waals surface area contributed by atoms with Crippen LogP contribution >= 0.6 is 0 Å². The van der Waals surface area contributed by atoms with Crippen molar-refractivity contribution in [2.24, 2.45) is 0 Å². The zero-order valence-corrected chi connectivity index (χ0v) is 24.0. The van der Waals surface area contributed by atoms with Crippen LogP contribution in [-0.4, -0.2) is 34.1 Å². The van der Waals surface area contributed by atoms with E-state index in [-0.39, 0.29) is 16.9 Å². The molecule has 0 aliphatic heterocycles. The molecule has 0 bridgehead atoms. The first kappa shape index (κ1) is 32.5. The molecule has 5 rings (SSSR count). The Kier molecular flexibility index (Phi) is 12.1. The molecule has 2 N–H and O–H groups in total. The topological polar surface area (TPSA) is 127 Å². The van der Waals surface area contributed by atoms with E-state index in [4.69, 9.17) is 9.84 Å². The minimum absolute atomic E-state index is 0.0160. The van der Waals surface area contributed by atoms with Crippen LogP contribution in [0.1, 0.15) is 34.6 Å². The van der Waals surface area contributed by atoms with Crippen LogP contribution < -0.4 is 9.47 Å². The quantitative estimate of drug-likeness (QED) is 0.153. The van der Waals surface area contributed by atoms with Crippen molar-refractivity contribution in [2.45, 2.75) is 13.8 Å². The highest BCUT2D eigenvalue weighted by Gasteiger charge is 2.15. The Morgan fingerprint density at radius 3 is 1.27 bits per heavy atom. The van der Waals surface area contributed by atoms with Gasteiger partial charge >= 0.3 is 23.9 Å². The van der Waals surface area contributed by atoms with Gasteiger partial charge in [0.05, 0.1) is 5.56 Å². The summed E-state index contributed by atoms with van der Waals surface area (Å²) in [4.78, 5) is 43.5. The van der Waals surface area contributed by atoms with Gasteiger partial charge in [-0.15, -0.1) is 0 Å². The van der Waals surface area contributed by atoms with Crippen LogP contribution in [0, 0.1) is 0 Å². The summed E-state index contributed by atoms with van der Waals surface area (Å²) in [5, 5.41) is 17.9. The molecule has 5 aromatic carbocycles. The van der Waals surface area contributed by atoms with E-state index >= 15 is 0 Å². The lowest BCUT2D eigenvalue weighted by atomic mass is 9.99. The van der Waals surface area contributed by atoms with Crippen molar-refractivity contribution in [3.63, 3.8) is 0 Å². The van der Waals surface area contributed by atoms with Crippen molar-refractivity contribution in [3.05, 3.63) is 145 Å². The third-order valence-electron chi connectivity index (χ3n) is 5.84. The minimum atomic E-state index is -1.11. The van der Waals surface area contributed by atoms with E-state index in [9.17, 15) is 24.3 Å². The molecular formula is C36H30O8. The predicted molar refractivity (Wildman–Crippen MR) is 167 cm³/mol. The van der Waals surface area contributed by atoms with Gasteiger partial charge in [-0.1, -0.05) is 109 Å². The van der Waals surface area contributed by atoms with Crippen LogP contribution in [0.15, 0.2) is 133 Å². The lowest BCUT2D eigenvalue weighted by molar-refractivity contribution is -0.132. The Bertz CT molecular complexity index is 1680. The summed E-state index contributed by atoms with van der Waals surface area (Å²) in [6.45, 7) is 2.53. The van der Waals surface area contributed by atoms with Gasteiger partial charge in [0.1, 0.15) is 17.1 Å². The van der Waals surface area contributed by atoms with Crippen molar-refractivity contribution in [1.82, 2.24) is 0 Å². The van der Waals surface area contributed by atoms with Crippen LogP contribution in [0.3, 0.4) is 0 Å². The van der Waals surface area contributed by atoms with Crippen molar-refractivity contribution < 1.29 is 38.9 Å². The molecule has 0 saturated carbocycles. The number of carbonyl (C=O) groups excluding carboxylic acids is 2. The second kappa shape index (κ2) is 16.4. The van der Waals surface area contributed by atoms with Gasteiger partial charge in [0.25, 0.3) is 0 Å². The number of hydrogen-bond acceptors (Lipinski definition) is 6. The fourth-order valence-electron chi connectivity index (χ4n) is 3.99. The van der Waals surface area contributed by atoms with E-state index in [1.54, 1.807) is 54.6 Å². The van der Waals surface area contributed by atoms with Gasteiger partial charge in [0.15, 0.2) is 0 Å². The molecular weight excluding hydrogens is 560 g/mol. The summed E-state index contributed by atoms with van der Waals surface area (Å²) in [5.41, 5.74) is 3.80. The highest BCUT2D eigenvalue weighted by Crippen LogP contribution is 2.32. The molecule has 8 nitrogen and oxygen atoms in total. The number of carboxylic acids is 2. The van der Waals surface area contributed by atoms with E-state index in [0.717, 1.165) is 0 Å². The monoisotopic (exact) mass is 590 g/mol. The van der Waals surface area contributed by atoms with Crippen LogP contribution in [0.5, 0.6) is 11.5 Å². The normalized spacial score (nSPS) is 9.68. The molecule has 0 aromatic heterocycles. The largest absolute Gasteiger partial charge is 0.478 e. The Morgan fingerprint density at radius 2 is 0.795 bits per heavy atom. The molecule has 0 saturated heterocycles. The Hall–Kier alpha value is -6.02. The lowest BCUT2D eigenvalue weighted by Crippen LogP contribution is -2.06. The molecule has 8 heteroatoms. The minimum Gasteiger partial charge on any atom is -0.478 e. The number of hydrogen-bond donors (Lipinski definition) is 2. The molecule has 0 fully saturated rings. The van der Waals surface area contributed by atoms with Gasteiger partial charge < -0.3 is 19.7 Å². The molecule has 0 aliphatic rings. The highest BCUT2D eigenvalue weighted by molar-refractivity contribution is 5.97. The Morgan fingerprint density at radius 1 is 0.432 bits per heavy atom. The van der Waals surface area contributed by atoms with E-state index in [2.05, 4.69) is 53.3 Å². The fourth-order valence-corrected chi connectivity index (χ4v) is 3.99. The van der Waals surface area contributed by atoms with E-state index in [0.29, 0.717) is 16.9 Å². The van der Waals surface area contributed by atoms with Gasteiger partial charge in [-0.25, -0.2) is 9.59 Å². The summed E-state index contributed by atoms with van der Waals surface area (Å²) in [5.74, 6) is -2.69. The van der Waals surface area contributed by atoms with Crippen molar-refractivity contribution in [2.75, 3.05) is 0 Å². The molecule has 0 radical (unpaired) electrons. The molecule has 222 valence electrons. The first-order valence-corrected chi connectivity index (χ1v) is 13.4. The average molecular weight is 591 g/mol. The number of carboxylic acid groups (broad SMARTS) is 2. The van der Waals surface area contributed by atoms with E-state index in [1.807, 2.05) is 12.1 Å². The maximum absolute atomic E-state index is 11.2. The van der Waals surface area contributed by atoms with Crippen LogP contribution in [-0.2, 0) is 9.59 Å². The number of benzene rings is 5. The molecule has 0 aliphatic carbocycles. The average Bonchev–Trinajstić information content (AvgIpc) is 3.02. The van der Waals surface area contributed by atoms with Crippen LogP contribution in [0.25, 0.3) is 22.3 Å². The van der Waals surface area contributed by atoms with Gasteiger partial charge in [-0.05, 0) is 41.0 Å². The summed E-state index contributed by atoms with van der Waals surface area (Å²) in [7, 11) is 0. The molecule has 0 heterocycles. The summed E-state index contributed by atoms with van der Waals surface area (Å²) < 4.78 is 9.79. The predicted octanol–water partition coefficient (Wildman–Crippen LogP) is 7.64. The second-order valence-corrected chi connectivity index (χ2v) is 9.07. The number of ether oxygens (including phenoxy) is 2. The molecule has 5 aromatic rings. The van der Waals surface area contributed by atoms with Gasteiger partial charge in [0.2, 0.25) is 0 Å². The third-order valence-corrected chi connectivity index (χ3v) is 5.84.